The number of carbonyl (C=O) groups is 2. The summed E-state index contributed by atoms with van der Waals surface area (Å²) in [5.41, 5.74) is 1.53. The summed E-state index contributed by atoms with van der Waals surface area (Å²) in [5, 5.41) is 4.73. The number of hydrogen-bond acceptors (Lipinski definition) is 6. The molecule has 32 heavy (non-hydrogen) atoms. The van der Waals surface area contributed by atoms with Crippen molar-refractivity contribution in [2.75, 3.05) is 11.7 Å². The van der Waals surface area contributed by atoms with E-state index in [2.05, 4.69) is 10.1 Å². The molecule has 0 saturated heterocycles. The Morgan fingerprint density at radius 2 is 1.72 bits per heavy atom. The number of nitrogens with zero attached hydrogens (tertiary/aromatic N) is 4. The van der Waals surface area contributed by atoms with Crippen molar-refractivity contribution in [2.24, 2.45) is 0 Å². The number of ether oxygens (including phenoxy) is 2. The fourth-order valence-corrected chi connectivity index (χ4v) is 4.02. The number of rotatable bonds is 2. The highest BCUT2D eigenvalue weighted by Crippen LogP contribution is 2.39. The Balaban J connectivity index is 1.51. The summed E-state index contributed by atoms with van der Waals surface area (Å²) < 4.78 is 39.1. The number of hydrogen-bond donors (Lipinski definition) is 0. The van der Waals surface area contributed by atoms with E-state index in [1.807, 2.05) is 0 Å². The number of aryl methyl sites for hydroxylation is 1. The Kier molecular flexibility index (Phi) is 3.65. The van der Waals surface area contributed by atoms with Gasteiger partial charge in [-0.15, -0.1) is 0 Å². The summed E-state index contributed by atoms with van der Waals surface area (Å²) in [6, 6.07) is 8.11. The van der Waals surface area contributed by atoms with Gasteiger partial charge in [-0.25, -0.2) is 23.3 Å². The fraction of sp³-hybridized carbons (Fsp3) is 0.0909. The molecule has 4 aromatic rings. The molecule has 2 aromatic heterocycles. The van der Waals surface area contributed by atoms with E-state index in [1.54, 1.807) is 25.1 Å². The highest BCUT2D eigenvalue weighted by atomic mass is 19.2. The van der Waals surface area contributed by atoms with Crippen molar-refractivity contribution in [1.82, 2.24) is 14.8 Å². The summed E-state index contributed by atoms with van der Waals surface area (Å²) in [4.78, 5) is 31.8. The molecular weight excluding hydrogens is 422 g/mol. The van der Waals surface area contributed by atoms with Crippen LogP contribution in [-0.4, -0.2) is 33.4 Å². The van der Waals surface area contributed by atoms with Gasteiger partial charge < -0.3 is 9.47 Å². The van der Waals surface area contributed by atoms with Crippen LogP contribution in [0.1, 0.15) is 26.4 Å². The Labute approximate surface area is 178 Å². The van der Waals surface area contributed by atoms with Gasteiger partial charge >= 0.3 is 0 Å². The quantitative estimate of drug-likeness (QED) is 0.449. The maximum Gasteiger partial charge on any atom is 0.267 e. The van der Waals surface area contributed by atoms with Gasteiger partial charge in [0.1, 0.15) is 0 Å². The predicted octanol–water partition coefficient (Wildman–Crippen LogP) is 3.54. The first kappa shape index (κ1) is 18.4. The molecule has 2 aliphatic heterocycles. The van der Waals surface area contributed by atoms with Crippen molar-refractivity contribution in [1.29, 1.82) is 0 Å². The third-order valence-corrected chi connectivity index (χ3v) is 5.48. The number of anilines is 1. The van der Waals surface area contributed by atoms with Gasteiger partial charge in [-0.1, -0.05) is 0 Å². The minimum Gasteiger partial charge on any atom is -0.454 e. The highest BCUT2D eigenvalue weighted by Gasteiger charge is 2.40. The van der Waals surface area contributed by atoms with Crippen molar-refractivity contribution in [2.45, 2.75) is 6.92 Å². The Morgan fingerprint density at radius 3 is 2.53 bits per heavy atom. The topological polar surface area (TPSA) is 86.6 Å². The molecule has 0 saturated carbocycles. The van der Waals surface area contributed by atoms with E-state index >= 15 is 0 Å². The molecule has 2 aromatic carbocycles. The van der Waals surface area contributed by atoms with E-state index in [0.29, 0.717) is 28.3 Å². The lowest BCUT2D eigenvalue weighted by Crippen LogP contribution is -2.29. The lowest BCUT2D eigenvalue weighted by Gasteiger charge is -2.14. The Morgan fingerprint density at radius 1 is 0.938 bits per heavy atom. The second kappa shape index (κ2) is 6.33. The van der Waals surface area contributed by atoms with Gasteiger partial charge in [0, 0.05) is 18.3 Å². The standard InChI is InChI=1S/C22H12F2N4O4/c1-10-18-19-13(8-25-20(18)28(26-10)12-2-4-14(23)15(24)6-12)21(29)27(22(19)30)11-3-5-16-17(7-11)32-9-31-16/h2-8H,9H2,1H3. The molecule has 158 valence electrons. The molecule has 2 aliphatic rings. The lowest BCUT2D eigenvalue weighted by atomic mass is 10.1. The van der Waals surface area contributed by atoms with Crippen LogP contribution in [-0.2, 0) is 0 Å². The maximum atomic E-state index is 13.8. The van der Waals surface area contributed by atoms with Crippen LogP contribution in [0.5, 0.6) is 11.5 Å². The zero-order chi connectivity index (χ0) is 22.1. The third-order valence-electron chi connectivity index (χ3n) is 5.48. The minimum absolute atomic E-state index is 0.0633. The van der Waals surface area contributed by atoms with E-state index in [-0.39, 0.29) is 29.3 Å². The van der Waals surface area contributed by atoms with E-state index in [9.17, 15) is 18.4 Å². The molecule has 0 unspecified atom stereocenters. The molecule has 0 fully saturated rings. The second-order valence-corrected chi connectivity index (χ2v) is 7.32. The molecule has 0 spiro atoms. The summed E-state index contributed by atoms with van der Waals surface area (Å²) in [5.74, 6) is -2.13. The lowest BCUT2D eigenvalue weighted by molar-refractivity contribution is 0.0926. The van der Waals surface area contributed by atoms with Crippen molar-refractivity contribution < 1.29 is 27.8 Å². The van der Waals surface area contributed by atoms with E-state index in [4.69, 9.17) is 9.47 Å². The van der Waals surface area contributed by atoms with Crippen LogP contribution in [0.15, 0.2) is 42.6 Å². The van der Waals surface area contributed by atoms with Crippen LogP contribution in [0.3, 0.4) is 0 Å². The summed E-state index contributed by atoms with van der Waals surface area (Å²) >= 11 is 0. The first-order valence-electron chi connectivity index (χ1n) is 9.56. The highest BCUT2D eigenvalue weighted by molar-refractivity contribution is 6.37. The van der Waals surface area contributed by atoms with Crippen LogP contribution in [0.2, 0.25) is 0 Å². The van der Waals surface area contributed by atoms with Gasteiger partial charge in [0.15, 0.2) is 28.8 Å². The fourth-order valence-electron chi connectivity index (χ4n) is 4.02. The van der Waals surface area contributed by atoms with Crippen molar-refractivity contribution in [3.8, 4) is 17.2 Å². The second-order valence-electron chi connectivity index (χ2n) is 7.32. The number of pyridine rings is 1. The number of carbonyl (C=O) groups excluding carboxylic acids is 2. The molecule has 2 amide bonds. The van der Waals surface area contributed by atoms with Gasteiger partial charge in [0.2, 0.25) is 6.79 Å². The van der Waals surface area contributed by atoms with Gasteiger partial charge in [-0.3, -0.25) is 9.59 Å². The van der Waals surface area contributed by atoms with Crippen molar-refractivity contribution >= 4 is 28.5 Å². The van der Waals surface area contributed by atoms with E-state index in [1.165, 1.54) is 16.9 Å². The van der Waals surface area contributed by atoms with Gasteiger partial charge in [0.05, 0.1) is 33.6 Å². The van der Waals surface area contributed by atoms with Crippen LogP contribution < -0.4 is 14.4 Å². The average Bonchev–Trinajstić information content (AvgIpc) is 3.45. The summed E-state index contributed by atoms with van der Waals surface area (Å²) in [6.07, 6.45) is 1.29. The normalized spacial score (nSPS) is 14.5. The number of amides is 2. The Hall–Kier alpha value is -4.34. The summed E-state index contributed by atoms with van der Waals surface area (Å²) in [6.45, 7) is 1.72. The number of benzene rings is 2. The molecule has 0 radical (unpaired) electrons. The van der Waals surface area contributed by atoms with Crippen LogP contribution >= 0.6 is 0 Å². The molecule has 4 heterocycles. The molecule has 8 nitrogen and oxygen atoms in total. The first-order chi connectivity index (χ1) is 15.4. The van der Waals surface area contributed by atoms with Crippen LogP contribution in [0.4, 0.5) is 14.5 Å². The van der Waals surface area contributed by atoms with E-state index < -0.39 is 23.4 Å². The van der Waals surface area contributed by atoms with Crippen LogP contribution in [0, 0.1) is 18.6 Å². The monoisotopic (exact) mass is 434 g/mol. The zero-order valence-corrected chi connectivity index (χ0v) is 16.4. The largest absolute Gasteiger partial charge is 0.454 e. The average molecular weight is 434 g/mol. The molecule has 0 atom stereocenters. The Bertz CT molecular complexity index is 1500. The maximum absolute atomic E-state index is 13.8. The smallest absolute Gasteiger partial charge is 0.267 e. The van der Waals surface area contributed by atoms with Crippen molar-refractivity contribution in [3.05, 3.63) is 71.1 Å². The first-order valence-corrected chi connectivity index (χ1v) is 9.56. The summed E-state index contributed by atoms with van der Waals surface area (Å²) in [7, 11) is 0. The van der Waals surface area contributed by atoms with Crippen molar-refractivity contribution in [3.63, 3.8) is 0 Å². The molecule has 6 rings (SSSR count). The SMILES string of the molecule is Cc1nn(-c2ccc(F)c(F)c2)c2ncc3c(c12)C(=O)N(c1ccc2c(c1)OCO2)C3=O. The third kappa shape index (κ3) is 2.40. The number of fused-ring (bicyclic) bond motifs is 4. The molecule has 10 heteroatoms. The zero-order valence-electron chi connectivity index (χ0n) is 16.4. The predicted molar refractivity (Wildman–Crippen MR) is 107 cm³/mol. The molecule has 0 bridgehead atoms. The number of halogens is 2. The van der Waals surface area contributed by atoms with Gasteiger partial charge in [-0.05, 0) is 31.2 Å². The molecule has 0 aliphatic carbocycles. The van der Waals surface area contributed by atoms with Gasteiger partial charge in [0.25, 0.3) is 11.8 Å². The molecular formula is C22H12F2N4O4. The molecule has 0 N–H and O–H groups in total. The number of imide groups is 1. The van der Waals surface area contributed by atoms with Gasteiger partial charge in [-0.2, -0.15) is 5.10 Å². The van der Waals surface area contributed by atoms with Crippen LogP contribution in [0.25, 0.3) is 16.7 Å². The number of aromatic nitrogens is 3. The van der Waals surface area contributed by atoms with E-state index in [0.717, 1.165) is 17.0 Å². The minimum atomic E-state index is -1.04.